The van der Waals surface area contributed by atoms with E-state index in [1.807, 2.05) is 4.90 Å². The Labute approximate surface area is 81.3 Å². The molecule has 0 spiro atoms. The standard InChI is InChI=1S/C11H21NO/c1-8(2)11-7-12(10(4)13)6-5-9(11)3/h8-9,11H,5-7H2,1-4H3/t9-,11-/m1/s1. The van der Waals surface area contributed by atoms with Gasteiger partial charge < -0.3 is 4.90 Å². The Bertz CT molecular complexity index is 189. The Morgan fingerprint density at radius 3 is 2.54 bits per heavy atom. The van der Waals surface area contributed by atoms with E-state index < -0.39 is 0 Å². The van der Waals surface area contributed by atoms with Crippen LogP contribution in [0.2, 0.25) is 0 Å². The van der Waals surface area contributed by atoms with E-state index in [-0.39, 0.29) is 5.91 Å². The zero-order valence-corrected chi connectivity index (χ0v) is 9.21. The number of carbonyl (C=O) groups is 1. The molecule has 0 bridgehead atoms. The van der Waals surface area contributed by atoms with Crippen LogP contribution < -0.4 is 0 Å². The minimum atomic E-state index is 0.234. The SMILES string of the molecule is CC(=O)N1CC[C@@H](C)[C@@H](C(C)C)C1. The summed E-state index contributed by atoms with van der Waals surface area (Å²) in [6.45, 7) is 10.4. The quantitative estimate of drug-likeness (QED) is 0.610. The predicted octanol–water partition coefficient (Wildman–Crippen LogP) is 2.15. The zero-order chi connectivity index (χ0) is 10.0. The van der Waals surface area contributed by atoms with Crippen LogP contribution in [0.4, 0.5) is 0 Å². The van der Waals surface area contributed by atoms with Crippen molar-refractivity contribution in [3.05, 3.63) is 0 Å². The number of hydrogen-bond acceptors (Lipinski definition) is 1. The van der Waals surface area contributed by atoms with Crippen LogP contribution >= 0.6 is 0 Å². The highest BCUT2D eigenvalue weighted by molar-refractivity contribution is 5.73. The summed E-state index contributed by atoms with van der Waals surface area (Å²) in [5.74, 6) is 2.39. The minimum absolute atomic E-state index is 0.234. The lowest BCUT2D eigenvalue weighted by Gasteiger charge is -2.38. The first-order chi connectivity index (χ1) is 6.02. The Balaban J connectivity index is 2.58. The number of rotatable bonds is 1. The molecule has 2 heteroatoms. The largest absolute Gasteiger partial charge is 0.343 e. The van der Waals surface area contributed by atoms with Crippen LogP contribution in [0.25, 0.3) is 0 Å². The van der Waals surface area contributed by atoms with Gasteiger partial charge in [-0.05, 0) is 24.2 Å². The molecule has 0 radical (unpaired) electrons. The molecule has 1 rings (SSSR count). The van der Waals surface area contributed by atoms with E-state index >= 15 is 0 Å². The lowest BCUT2D eigenvalue weighted by atomic mass is 9.79. The summed E-state index contributed by atoms with van der Waals surface area (Å²) in [6.07, 6.45) is 1.17. The second-order valence-electron chi connectivity index (χ2n) is 4.64. The third kappa shape index (κ3) is 2.45. The van der Waals surface area contributed by atoms with Gasteiger partial charge in [0, 0.05) is 20.0 Å². The fraction of sp³-hybridized carbons (Fsp3) is 0.909. The van der Waals surface area contributed by atoms with Gasteiger partial charge >= 0.3 is 0 Å². The van der Waals surface area contributed by atoms with Gasteiger partial charge in [-0.1, -0.05) is 20.8 Å². The minimum Gasteiger partial charge on any atom is -0.343 e. The van der Waals surface area contributed by atoms with Crippen LogP contribution in [-0.4, -0.2) is 23.9 Å². The van der Waals surface area contributed by atoms with E-state index in [9.17, 15) is 4.79 Å². The summed E-state index contributed by atoms with van der Waals surface area (Å²) in [6, 6.07) is 0. The molecule has 76 valence electrons. The molecule has 1 aliphatic heterocycles. The number of nitrogens with zero attached hydrogens (tertiary/aromatic N) is 1. The number of hydrogen-bond donors (Lipinski definition) is 0. The third-order valence-electron chi connectivity index (χ3n) is 3.32. The number of piperidine rings is 1. The number of carbonyl (C=O) groups excluding carboxylic acids is 1. The molecule has 0 aromatic carbocycles. The lowest BCUT2D eigenvalue weighted by molar-refractivity contribution is -0.131. The predicted molar refractivity (Wildman–Crippen MR) is 54.4 cm³/mol. The van der Waals surface area contributed by atoms with Crippen LogP contribution in [-0.2, 0) is 4.79 Å². The smallest absolute Gasteiger partial charge is 0.219 e. The fourth-order valence-electron chi connectivity index (χ4n) is 2.25. The zero-order valence-electron chi connectivity index (χ0n) is 9.21. The molecule has 1 heterocycles. The summed E-state index contributed by atoms with van der Waals surface area (Å²) in [7, 11) is 0. The van der Waals surface area contributed by atoms with Gasteiger partial charge in [-0.25, -0.2) is 0 Å². The van der Waals surface area contributed by atoms with Crippen molar-refractivity contribution in [2.75, 3.05) is 13.1 Å². The van der Waals surface area contributed by atoms with Crippen LogP contribution in [0.1, 0.15) is 34.1 Å². The van der Waals surface area contributed by atoms with Crippen LogP contribution in [0.5, 0.6) is 0 Å². The maximum Gasteiger partial charge on any atom is 0.219 e. The van der Waals surface area contributed by atoms with Gasteiger partial charge in [0.25, 0.3) is 0 Å². The van der Waals surface area contributed by atoms with Gasteiger partial charge in [-0.3, -0.25) is 4.79 Å². The van der Waals surface area contributed by atoms with Crippen molar-refractivity contribution < 1.29 is 4.79 Å². The summed E-state index contributed by atoms with van der Waals surface area (Å²) < 4.78 is 0. The Kier molecular flexibility index (Phi) is 3.34. The molecule has 0 aliphatic carbocycles. The molecule has 0 aromatic rings. The molecular formula is C11H21NO. The molecule has 0 unspecified atom stereocenters. The molecule has 0 saturated carbocycles. The van der Waals surface area contributed by atoms with Gasteiger partial charge in [-0.15, -0.1) is 0 Å². The average Bonchev–Trinajstić information content (AvgIpc) is 2.04. The van der Waals surface area contributed by atoms with E-state index in [2.05, 4.69) is 20.8 Å². The van der Waals surface area contributed by atoms with Gasteiger partial charge in [0.1, 0.15) is 0 Å². The van der Waals surface area contributed by atoms with Crippen molar-refractivity contribution in [1.29, 1.82) is 0 Å². The first kappa shape index (κ1) is 10.6. The van der Waals surface area contributed by atoms with E-state index in [1.165, 1.54) is 6.42 Å². The average molecular weight is 183 g/mol. The summed E-state index contributed by atoms with van der Waals surface area (Å²) in [4.78, 5) is 13.2. The Morgan fingerprint density at radius 2 is 2.08 bits per heavy atom. The van der Waals surface area contributed by atoms with Crippen molar-refractivity contribution in [3.63, 3.8) is 0 Å². The molecule has 2 nitrogen and oxygen atoms in total. The second kappa shape index (κ2) is 4.12. The van der Waals surface area contributed by atoms with Crippen molar-refractivity contribution in [1.82, 2.24) is 4.90 Å². The lowest BCUT2D eigenvalue weighted by Crippen LogP contribution is -2.43. The molecular weight excluding hydrogens is 162 g/mol. The van der Waals surface area contributed by atoms with Crippen molar-refractivity contribution in [3.8, 4) is 0 Å². The summed E-state index contributed by atoms with van der Waals surface area (Å²) in [5.41, 5.74) is 0. The maximum absolute atomic E-state index is 11.2. The normalized spacial score (nSPS) is 29.5. The number of likely N-dealkylation sites (tertiary alicyclic amines) is 1. The van der Waals surface area contributed by atoms with E-state index in [4.69, 9.17) is 0 Å². The van der Waals surface area contributed by atoms with Gasteiger partial charge in [0.2, 0.25) is 5.91 Å². The van der Waals surface area contributed by atoms with Crippen LogP contribution in [0.15, 0.2) is 0 Å². The second-order valence-corrected chi connectivity index (χ2v) is 4.64. The molecule has 1 fully saturated rings. The monoisotopic (exact) mass is 183 g/mol. The van der Waals surface area contributed by atoms with E-state index in [0.29, 0.717) is 11.8 Å². The molecule has 0 aromatic heterocycles. The van der Waals surface area contributed by atoms with Gasteiger partial charge in [0.15, 0.2) is 0 Å². The number of amides is 1. The van der Waals surface area contributed by atoms with E-state index in [0.717, 1.165) is 19.0 Å². The Morgan fingerprint density at radius 1 is 1.46 bits per heavy atom. The Hall–Kier alpha value is -0.530. The first-order valence-corrected chi connectivity index (χ1v) is 5.28. The summed E-state index contributed by atoms with van der Waals surface area (Å²) in [5, 5.41) is 0. The van der Waals surface area contributed by atoms with Gasteiger partial charge in [0.05, 0.1) is 0 Å². The molecule has 13 heavy (non-hydrogen) atoms. The topological polar surface area (TPSA) is 20.3 Å². The molecule has 1 aliphatic rings. The van der Waals surface area contributed by atoms with Crippen molar-refractivity contribution in [2.45, 2.75) is 34.1 Å². The van der Waals surface area contributed by atoms with Gasteiger partial charge in [-0.2, -0.15) is 0 Å². The molecule has 2 atom stereocenters. The molecule has 0 N–H and O–H groups in total. The first-order valence-electron chi connectivity index (χ1n) is 5.28. The highest BCUT2D eigenvalue weighted by Gasteiger charge is 2.29. The van der Waals surface area contributed by atoms with Crippen molar-refractivity contribution in [2.24, 2.45) is 17.8 Å². The highest BCUT2D eigenvalue weighted by atomic mass is 16.2. The molecule has 1 amide bonds. The highest BCUT2D eigenvalue weighted by Crippen LogP contribution is 2.28. The third-order valence-corrected chi connectivity index (χ3v) is 3.32. The summed E-state index contributed by atoms with van der Waals surface area (Å²) >= 11 is 0. The van der Waals surface area contributed by atoms with Crippen molar-refractivity contribution >= 4 is 5.91 Å². The molecule has 1 saturated heterocycles. The van der Waals surface area contributed by atoms with Crippen LogP contribution in [0.3, 0.4) is 0 Å². The fourth-order valence-corrected chi connectivity index (χ4v) is 2.25. The van der Waals surface area contributed by atoms with E-state index in [1.54, 1.807) is 6.92 Å². The maximum atomic E-state index is 11.2. The van der Waals surface area contributed by atoms with Crippen LogP contribution in [0, 0.1) is 17.8 Å².